The average Bonchev–Trinajstić information content (AvgIpc) is 2.32. The van der Waals surface area contributed by atoms with Gasteiger partial charge < -0.3 is 10.7 Å². The Morgan fingerprint density at radius 1 is 1.44 bits per heavy atom. The van der Waals surface area contributed by atoms with Gasteiger partial charge in [-0.1, -0.05) is 0 Å². The Hall–Kier alpha value is -2.15. The van der Waals surface area contributed by atoms with Crippen LogP contribution in [0.1, 0.15) is 29.6 Å². The van der Waals surface area contributed by atoms with Gasteiger partial charge in [-0.25, -0.2) is 0 Å². The molecule has 1 fully saturated rings. The number of nitro benzene ring substituents is 1. The molecule has 1 aromatic carbocycles. The Kier molecular flexibility index (Phi) is 3.42. The lowest BCUT2D eigenvalue weighted by Crippen LogP contribution is -2.39. The maximum Gasteiger partial charge on any atom is 0.293 e. The molecule has 0 atom stereocenters. The standard InChI is InChI=1S/C11H14N4O3/c12-14-9-6-7(4-5-10(9)15(17)18)11(16)13-8-2-1-3-8/h4-6,8,14H,1-3,12H2,(H,13,16). The van der Waals surface area contributed by atoms with E-state index in [0.717, 1.165) is 19.3 Å². The minimum atomic E-state index is -0.553. The lowest BCUT2D eigenvalue weighted by atomic mass is 9.93. The van der Waals surface area contributed by atoms with Crippen LogP contribution in [0.2, 0.25) is 0 Å². The first-order chi connectivity index (χ1) is 8.61. The number of benzene rings is 1. The Morgan fingerprint density at radius 3 is 2.67 bits per heavy atom. The first-order valence-electron chi connectivity index (χ1n) is 5.67. The van der Waals surface area contributed by atoms with Crippen molar-refractivity contribution < 1.29 is 9.72 Å². The van der Waals surface area contributed by atoms with Crippen molar-refractivity contribution in [2.75, 3.05) is 5.43 Å². The SMILES string of the molecule is NNc1cc(C(=O)NC2CCC2)ccc1[N+](=O)[O-]. The van der Waals surface area contributed by atoms with E-state index in [-0.39, 0.29) is 23.3 Å². The predicted octanol–water partition coefficient (Wildman–Crippen LogP) is 1.16. The van der Waals surface area contributed by atoms with Crippen LogP contribution in [0.3, 0.4) is 0 Å². The minimum absolute atomic E-state index is 0.126. The van der Waals surface area contributed by atoms with Gasteiger partial charge in [0, 0.05) is 17.7 Å². The smallest absolute Gasteiger partial charge is 0.293 e. The normalized spacial score (nSPS) is 14.7. The largest absolute Gasteiger partial charge is 0.349 e. The summed E-state index contributed by atoms with van der Waals surface area (Å²) in [7, 11) is 0. The summed E-state index contributed by atoms with van der Waals surface area (Å²) in [6, 6.07) is 4.30. The summed E-state index contributed by atoms with van der Waals surface area (Å²) in [6.45, 7) is 0. The van der Waals surface area contributed by atoms with E-state index in [0.29, 0.717) is 5.56 Å². The molecule has 0 radical (unpaired) electrons. The van der Waals surface area contributed by atoms with Crippen molar-refractivity contribution in [3.8, 4) is 0 Å². The van der Waals surface area contributed by atoms with Gasteiger partial charge in [-0.15, -0.1) is 0 Å². The van der Waals surface area contributed by atoms with Gasteiger partial charge in [-0.3, -0.25) is 20.8 Å². The number of rotatable bonds is 4. The van der Waals surface area contributed by atoms with E-state index in [1.807, 2.05) is 0 Å². The fourth-order valence-electron chi connectivity index (χ4n) is 1.77. The number of anilines is 1. The van der Waals surface area contributed by atoms with Crippen LogP contribution in [0.25, 0.3) is 0 Å². The summed E-state index contributed by atoms with van der Waals surface area (Å²) in [6.07, 6.45) is 3.10. The molecule has 1 amide bonds. The van der Waals surface area contributed by atoms with Crippen molar-refractivity contribution in [3.63, 3.8) is 0 Å². The van der Waals surface area contributed by atoms with Crippen LogP contribution in [0.5, 0.6) is 0 Å². The summed E-state index contributed by atoms with van der Waals surface area (Å²) < 4.78 is 0. The minimum Gasteiger partial charge on any atom is -0.349 e. The van der Waals surface area contributed by atoms with Crippen LogP contribution in [-0.2, 0) is 0 Å². The van der Waals surface area contributed by atoms with Gasteiger partial charge >= 0.3 is 0 Å². The van der Waals surface area contributed by atoms with Crippen LogP contribution in [0, 0.1) is 10.1 Å². The van der Waals surface area contributed by atoms with Gasteiger partial charge in [0.15, 0.2) is 0 Å². The molecule has 2 rings (SSSR count). The van der Waals surface area contributed by atoms with E-state index in [4.69, 9.17) is 5.84 Å². The third-order valence-corrected chi connectivity index (χ3v) is 3.05. The molecular formula is C11H14N4O3. The Bertz CT molecular complexity index is 485. The van der Waals surface area contributed by atoms with Crippen LogP contribution in [-0.4, -0.2) is 16.9 Å². The highest BCUT2D eigenvalue weighted by atomic mass is 16.6. The molecule has 7 nitrogen and oxygen atoms in total. The molecule has 0 bridgehead atoms. The zero-order chi connectivity index (χ0) is 13.1. The summed E-state index contributed by atoms with van der Waals surface area (Å²) >= 11 is 0. The number of nitro groups is 1. The highest BCUT2D eigenvalue weighted by molar-refractivity contribution is 5.96. The van der Waals surface area contributed by atoms with E-state index < -0.39 is 4.92 Å². The monoisotopic (exact) mass is 250 g/mol. The molecule has 1 aliphatic rings. The van der Waals surface area contributed by atoms with E-state index >= 15 is 0 Å². The second kappa shape index (κ2) is 5.01. The van der Waals surface area contributed by atoms with Gasteiger partial charge in [0.1, 0.15) is 5.69 Å². The Labute approximate surface area is 103 Å². The van der Waals surface area contributed by atoms with E-state index in [9.17, 15) is 14.9 Å². The highest BCUT2D eigenvalue weighted by Crippen LogP contribution is 2.25. The number of nitrogen functional groups attached to an aromatic ring is 1. The molecule has 4 N–H and O–H groups in total. The molecule has 0 unspecified atom stereocenters. The zero-order valence-electron chi connectivity index (χ0n) is 9.68. The van der Waals surface area contributed by atoms with Crippen molar-refractivity contribution in [2.45, 2.75) is 25.3 Å². The first-order valence-corrected chi connectivity index (χ1v) is 5.67. The maximum atomic E-state index is 11.8. The van der Waals surface area contributed by atoms with Crippen molar-refractivity contribution in [3.05, 3.63) is 33.9 Å². The zero-order valence-corrected chi connectivity index (χ0v) is 9.68. The molecule has 0 spiro atoms. The first kappa shape index (κ1) is 12.3. The molecule has 0 saturated heterocycles. The molecule has 18 heavy (non-hydrogen) atoms. The molecule has 1 aliphatic carbocycles. The summed E-state index contributed by atoms with van der Waals surface area (Å²) in [4.78, 5) is 22.0. The molecule has 0 aliphatic heterocycles. The number of carbonyl (C=O) groups excluding carboxylic acids is 1. The van der Waals surface area contributed by atoms with Crippen molar-refractivity contribution >= 4 is 17.3 Å². The lowest BCUT2D eigenvalue weighted by molar-refractivity contribution is -0.384. The summed E-state index contributed by atoms with van der Waals surface area (Å²) in [5.41, 5.74) is 2.56. The number of nitrogens with one attached hydrogen (secondary N) is 2. The quantitative estimate of drug-likeness (QED) is 0.422. The van der Waals surface area contributed by atoms with E-state index in [1.165, 1.54) is 18.2 Å². The fraction of sp³-hybridized carbons (Fsp3) is 0.364. The third kappa shape index (κ3) is 2.40. The number of hydrogen-bond donors (Lipinski definition) is 3. The topological polar surface area (TPSA) is 110 Å². The van der Waals surface area contributed by atoms with Crippen LogP contribution < -0.4 is 16.6 Å². The number of amides is 1. The van der Waals surface area contributed by atoms with Gasteiger partial charge in [0.05, 0.1) is 4.92 Å². The number of hydrazine groups is 1. The van der Waals surface area contributed by atoms with Gasteiger partial charge in [-0.2, -0.15) is 0 Å². The van der Waals surface area contributed by atoms with Gasteiger partial charge in [0.25, 0.3) is 11.6 Å². The number of hydrogen-bond acceptors (Lipinski definition) is 5. The third-order valence-electron chi connectivity index (χ3n) is 3.05. The van der Waals surface area contributed by atoms with E-state index in [1.54, 1.807) is 0 Å². The second-order valence-corrected chi connectivity index (χ2v) is 4.23. The maximum absolute atomic E-state index is 11.8. The lowest BCUT2D eigenvalue weighted by Gasteiger charge is -2.26. The molecule has 0 heterocycles. The van der Waals surface area contributed by atoms with Gasteiger partial charge in [-0.05, 0) is 31.4 Å². The Balaban J connectivity index is 2.17. The molecular weight excluding hydrogens is 236 g/mol. The average molecular weight is 250 g/mol. The summed E-state index contributed by atoms with van der Waals surface area (Å²) in [5.74, 6) is 4.98. The van der Waals surface area contributed by atoms with Crippen molar-refractivity contribution in [1.29, 1.82) is 0 Å². The number of carbonyl (C=O) groups is 1. The fourth-order valence-corrected chi connectivity index (χ4v) is 1.77. The van der Waals surface area contributed by atoms with Crippen LogP contribution >= 0.6 is 0 Å². The number of nitrogens with zero attached hydrogens (tertiary/aromatic N) is 1. The number of nitrogens with two attached hydrogens (primary N) is 1. The van der Waals surface area contributed by atoms with Crippen LogP contribution in [0.4, 0.5) is 11.4 Å². The van der Waals surface area contributed by atoms with Crippen molar-refractivity contribution in [1.82, 2.24) is 5.32 Å². The Morgan fingerprint density at radius 2 is 2.17 bits per heavy atom. The predicted molar refractivity (Wildman–Crippen MR) is 66.0 cm³/mol. The summed E-state index contributed by atoms with van der Waals surface area (Å²) in [5, 5.41) is 13.6. The van der Waals surface area contributed by atoms with Crippen molar-refractivity contribution in [2.24, 2.45) is 5.84 Å². The highest BCUT2D eigenvalue weighted by Gasteiger charge is 2.21. The molecule has 1 aromatic rings. The van der Waals surface area contributed by atoms with Crippen LogP contribution in [0.15, 0.2) is 18.2 Å². The second-order valence-electron chi connectivity index (χ2n) is 4.23. The molecule has 96 valence electrons. The molecule has 1 saturated carbocycles. The van der Waals surface area contributed by atoms with Gasteiger partial charge in [0.2, 0.25) is 0 Å². The molecule has 0 aromatic heterocycles. The molecule has 7 heteroatoms. The van der Waals surface area contributed by atoms with E-state index in [2.05, 4.69) is 10.7 Å².